The topological polar surface area (TPSA) is 12.0 Å². The maximum absolute atomic E-state index is 3.37. The molecule has 0 aliphatic heterocycles. The zero-order valence-corrected chi connectivity index (χ0v) is 11.0. The first-order valence-corrected chi connectivity index (χ1v) is 6.08. The number of allylic oxidation sites excluding steroid dienone is 7. The molecule has 16 heavy (non-hydrogen) atoms. The third-order valence-electron chi connectivity index (χ3n) is 2.21. The van der Waals surface area contributed by atoms with Crippen LogP contribution in [0.5, 0.6) is 0 Å². The van der Waals surface area contributed by atoms with Gasteiger partial charge >= 0.3 is 0 Å². The van der Waals surface area contributed by atoms with Gasteiger partial charge in [0, 0.05) is 11.7 Å². The zero-order chi connectivity index (χ0) is 12.2. The first-order chi connectivity index (χ1) is 7.70. The van der Waals surface area contributed by atoms with Gasteiger partial charge in [0.2, 0.25) is 0 Å². The summed E-state index contributed by atoms with van der Waals surface area (Å²) in [6, 6.07) is 0.382. The molecule has 0 heterocycles. The standard InChI is InChI=1S/C15H25N/c1-5-7-8-9-10-11-12-13-15(4)16-14(3)6-2/h6-8,10-13,15-16H,5,9H2,1-4H3/b8-7+,11-10-,13-12-,14-6+. The maximum atomic E-state index is 3.37. The number of nitrogens with one attached hydrogen (secondary N) is 1. The molecule has 0 aromatic heterocycles. The molecule has 0 aromatic carbocycles. The molecule has 0 radical (unpaired) electrons. The smallest absolute Gasteiger partial charge is 0.0416 e. The van der Waals surface area contributed by atoms with Gasteiger partial charge in [-0.05, 0) is 33.6 Å². The predicted octanol–water partition coefficient (Wildman–Crippen LogP) is 4.36. The van der Waals surface area contributed by atoms with Gasteiger partial charge < -0.3 is 5.32 Å². The summed E-state index contributed by atoms with van der Waals surface area (Å²) < 4.78 is 0. The molecule has 1 nitrogen and oxygen atoms in total. The van der Waals surface area contributed by atoms with Gasteiger partial charge in [-0.3, -0.25) is 0 Å². The van der Waals surface area contributed by atoms with Crippen molar-refractivity contribution in [3.8, 4) is 0 Å². The van der Waals surface area contributed by atoms with E-state index < -0.39 is 0 Å². The molecular weight excluding hydrogens is 194 g/mol. The fourth-order valence-corrected chi connectivity index (χ4v) is 1.22. The lowest BCUT2D eigenvalue weighted by Gasteiger charge is -2.10. The van der Waals surface area contributed by atoms with Crippen LogP contribution in [0.2, 0.25) is 0 Å². The highest BCUT2D eigenvalue weighted by atomic mass is 14.9. The Morgan fingerprint density at radius 3 is 2.56 bits per heavy atom. The van der Waals surface area contributed by atoms with E-state index in [1.165, 1.54) is 5.70 Å². The van der Waals surface area contributed by atoms with E-state index in [4.69, 9.17) is 0 Å². The minimum Gasteiger partial charge on any atom is -0.383 e. The Balaban J connectivity index is 3.78. The van der Waals surface area contributed by atoms with Crippen LogP contribution in [-0.4, -0.2) is 6.04 Å². The molecule has 90 valence electrons. The minimum atomic E-state index is 0.382. The first-order valence-electron chi connectivity index (χ1n) is 6.08. The van der Waals surface area contributed by atoms with Crippen LogP contribution in [-0.2, 0) is 0 Å². The lowest BCUT2D eigenvalue weighted by atomic mass is 10.2. The molecule has 1 atom stereocenters. The van der Waals surface area contributed by atoms with E-state index in [-0.39, 0.29) is 0 Å². The largest absolute Gasteiger partial charge is 0.383 e. The number of rotatable bonds is 7. The molecule has 0 saturated carbocycles. The van der Waals surface area contributed by atoms with Crippen LogP contribution in [0.25, 0.3) is 0 Å². The Morgan fingerprint density at radius 2 is 1.94 bits per heavy atom. The van der Waals surface area contributed by atoms with E-state index in [1.54, 1.807) is 0 Å². The Hall–Kier alpha value is -1.24. The summed E-state index contributed by atoms with van der Waals surface area (Å²) in [5, 5.41) is 3.37. The van der Waals surface area contributed by atoms with Crippen molar-refractivity contribution in [2.24, 2.45) is 0 Å². The summed E-state index contributed by atoms with van der Waals surface area (Å²) >= 11 is 0. The summed E-state index contributed by atoms with van der Waals surface area (Å²) in [5.74, 6) is 0. The van der Waals surface area contributed by atoms with Gasteiger partial charge in [0.25, 0.3) is 0 Å². The van der Waals surface area contributed by atoms with E-state index in [0.29, 0.717) is 6.04 Å². The SMILES string of the molecule is C/C=C(\C)NC(C)/C=C\C=C/C/C=C/CC. The van der Waals surface area contributed by atoms with Crippen molar-refractivity contribution >= 4 is 0 Å². The predicted molar refractivity (Wildman–Crippen MR) is 74.4 cm³/mol. The van der Waals surface area contributed by atoms with Crippen LogP contribution in [0, 0.1) is 0 Å². The van der Waals surface area contributed by atoms with E-state index in [2.05, 4.69) is 68.6 Å². The molecule has 1 heteroatoms. The summed E-state index contributed by atoms with van der Waals surface area (Å²) in [4.78, 5) is 0. The minimum absolute atomic E-state index is 0.382. The molecule has 0 amide bonds. The highest BCUT2D eigenvalue weighted by molar-refractivity contribution is 5.09. The average molecular weight is 219 g/mol. The normalized spacial score (nSPS) is 15.4. The molecule has 0 aliphatic rings. The fourth-order valence-electron chi connectivity index (χ4n) is 1.22. The van der Waals surface area contributed by atoms with Crippen LogP contribution in [0.4, 0.5) is 0 Å². The number of hydrogen-bond donors (Lipinski definition) is 1. The van der Waals surface area contributed by atoms with Gasteiger partial charge in [-0.15, -0.1) is 0 Å². The van der Waals surface area contributed by atoms with Crippen LogP contribution in [0.3, 0.4) is 0 Å². The Kier molecular flexibility index (Phi) is 9.49. The summed E-state index contributed by atoms with van der Waals surface area (Å²) in [6.07, 6.45) is 17.1. The fraction of sp³-hybridized carbons (Fsp3) is 0.467. The van der Waals surface area contributed by atoms with E-state index >= 15 is 0 Å². The third-order valence-corrected chi connectivity index (χ3v) is 2.21. The molecular formula is C15H25N. The summed E-state index contributed by atoms with van der Waals surface area (Å²) in [7, 11) is 0. The third kappa shape index (κ3) is 9.32. The Morgan fingerprint density at radius 1 is 1.19 bits per heavy atom. The zero-order valence-electron chi connectivity index (χ0n) is 11.0. The molecule has 0 fully saturated rings. The lowest BCUT2D eigenvalue weighted by molar-refractivity contribution is 0.727. The summed E-state index contributed by atoms with van der Waals surface area (Å²) in [5.41, 5.74) is 1.21. The van der Waals surface area contributed by atoms with E-state index in [0.717, 1.165) is 12.8 Å². The van der Waals surface area contributed by atoms with Crippen molar-refractivity contribution in [3.05, 3.63) is 48.2 Å². The molecule has 0 aromatic rings. The quantitative estimate of drug-likeness (QED) is 0.495. The molecule has 0 bridgehead atoms. The van der Waals surface area contributed by atoms with Gasteiger partial charge in [-0.1, -0.05) is 49.5 Å². The van der Waals surface area contributed by atoms with Gasteiger partial charge in [-0.2, -0.15) is 0 Å². The molecule has 1 N–H and O–H groups in total. The van der Waals surface area contributed by atoms with Gasteiger partial charge in [-0.25, -0.2) is 0 Å². The van der Waals surface area contributed by atoms with Crippen molar-refractivity contribution < 1.29 is 0 Å². The molecule has 0 aliphatic carbocycles. The lowest BCUT2D eigenvalue weighted by Crippen LogP contribution is -2.21. The molecule has 0 rings (SSSR count). The van der Waals surface area contributed by atoms with E-state index in [9.17, 15) is 0 Å². The monoisotopic (exact) mass is 219 g/mol. The highest BCUT2D eigenvalue weighted by Crippen LogP contribution is 1.94. The first kappa shape index (κ1) is 14.8. The molecule has 1 unspecified atom stereocenters. The molecule has 0 spiro atoms. The van der Waals surface area contributed by atoms with Gasteiger partial charge in [0.1, 0.15) is 0 Å². The van der Waals surface area contributed by atoms with Gasteiger partial charge in [0.05, 0.1) is 0 Å². The molecule has 0 saturated heterocycles. The van der Waals surface area contributed by atoms with E-state index in [1.807, 2.05) is 6.92 Å². The second-order valence-electron chi connectivity index (χ2n) is 3.83. The van der Waals surface area contributed by atoms with Gasteiger partial charge in [0.15, 0.2) is 0 Å². The highest BCUT2D eigenvalue weighted by Gasteiger charge is 1.92. The van der Waals surface area contributed by atoms with Crippen LogP contribution in [0.15, 0.2) is 48.2 Å². The van der Waals surface area contributed by atoms with Crippen molar-refractivity contribution in [3.63, 3.8) is 0 Å². The van der Waals surface area contributed by atoms with Crippen molar-refractivity contribution in [1.29, 1.82) is 0 Å². The van der Waals surface area contributed by atoms with Crippen LogP contribution >= 0.6 is 0 Å². The average Bonchev–Trinajstić information content (AvgIpc) is 2.27. The second kappa shape index (κ2) is 10.3. The Labute approximate surface area is 101 Å². The number of hydrogen-bond acceptors (Lipinski definition) is 1. The maximum Gasteiger partial charge on any atom is 0.0416 e. The Bertz CT molecular complexity index is 269. The van der Waals surface area contributed by atoms with Crippen LogP contribution in [0.1, 0.15) is 40.5 Å². The van der Waals surface area contributed by atoms with Crippen LogP contribution < -0.4 is 5.32 Å². The van der Waals surface area contributed by atoms with Crippen molar-refractivity contribution in [1.82, 2.24) is 5.32 Å². The second-order valence-corrected chi connectivity index (χ2v) is 3.83. The van der Waals surface area contributed by atoms with Crippen molar-refractivity contribution in [2.75, 3.05) is 0 Å². The van der Waals surface area contributed by atoms with Crippen molar-refractivity contribution in [2.45, 2.75) is 46.6 Å². The summed E-state index contributed by atoms with van der Waals surface area (Å²) in [6.45, 7) is 8.42.